The van der Waals surface area contributed by atoms with Crippen molar-refractivity contribution in [2.75, 3.05) is 19.6 Å². The van der Waals surface area contributed by atoms with Gasteiger partial charge in [0.05, 0.1) is 0 Å². The van der Waals surface area contributed by atoms with E-state index in [1.807, 2.05) is 0 Å². The SMILES string of the molecule is O=C(O)[C@@H]1CCCN1CC1(CNC2C[C@@H]2c2ccccc2)CC1. The fraction of sp³-hybridized carbons (Fsp3) is 0.632. The number of carbonyl (C=O) groups is 1. The van der Waals surface area contributed by atoms with Crippen LogP contribution in [0.3, 0.4) is 0 Å². The highest BCUT2D eigenvalue weighted by Gasteiger charge is 2.48. The molecule has 1 unspecified atom stereocenters. The molecule has 0 radical (unpaired) electrons. The van der Waals surface area contributed by atoms with Crippen molar-refractivity contribution in [2.24, 2.45) is 5.41 Å². The van der Waals surface area contributed by atoms with Gasteiger partial charge in [-0.15, -0.1) is 0 Å². The number of likely N-dealkylation sites (tertiary alicyclic amines) is 1. The van der Waals surface area contributed by atoms with E-state index < -0.39 is 5.97 Å². The summed E-state index contributed by atoms with van der Waals surface area (Å²) in [5, 5.41) is 13.1. The van der Waals surface area contributed by atoms with Crippen molar-refractivity contribution >= 4 is 5.97 Å². The Kier molecular flexibility index (Phi) is 3.90. The van der Waals surface area contributed by atoms with Crippen molar-refractivity contribution in [1.82, 2.24) is 10.2 Å². The predicted octanol–water partition coefficient (Wildman–Crippen LogP) is 2.46. The number of rotatable bonds is 7. The molecule has 124 valence electrons. The van der Waals surface area contributed by atoms with Crippen molar-refractivity contribution in [2.45, 2.75) is 50.1 Å². The van der Waals surface area contributed by atoms with Crippen LogP contribution in [0.25, 0.3) is 0 Å². The lowest BCUT2D eigenvalue weighted by molar-refractivity contribution is -0.142. The first-order valence-electron chi connectivity index (χ1n) is 8.92. The molecule has 0 bridgehead atoms. The maximum absolute atomic E-state index is 11.3. The summed E-state index contributed by atoms with van der Waals surface area (Å²) in [4.78, 5) is 13.5. The van der Waals surface area contributed by atoms with Crippen molar-refractivity contribution in [3.8, 4) is 0 Å². The van der Waals surface area contributed by atoms with Crippen LogP contribution in [0, 0.1) is 5.41 Å². The van der Waals surface area contributed by atoms with Gasteiger partial charge in [-0.2, -0.15) is 0 Å². The quantitative estimate of drug-likeness (QED) is 0.812. The maximum atomic E-state index is 11.3. The molecule has 3 fully saturated rings. The van der Waals surface area contributed by atoms with Crippen LogP contribution in [0.15, 0.2) is 30.3 Å². The lowest BCUT2D eigenvalue weighted by Crippen LogP contribution is -2.42. The van der Waals surface area contributed by atoms with E-state index in [0.717, 1.165) is 32.5 Å². The molecule has 2 aliphatic carbocycles. The summed E-state index contributed by atoms with van der Waals surface area (Å²) in [5.74, 6) is 0.0307. The zero-order valence-electron chi connectivity index (χ0n) is 13.6. The second-order valence-corrected chi connectivity index (χ2v) is 7.71. The Bertz CT molecular complexity index is 570. The van der Waals surface area contributed by atoms with E-state index in [9.17, 15) is 9.90 Å². The normalized spacial score (nSPS) is 31.9. The topological polar surface area (TPSA) is 52.6 Å². The average molecular weight is 314 g/mol. The Balaban J connectivity index is 1.28. The van der Waals surface area contributed by atoms with E-state index in [0.29, 0.717) is 17.4 Å². The van der Waals surface area contributed by atoms with Gasteiger partial charge in [-0.1, -0.05) is 30.3 Å². The Morgan fingerprint density at radius 1 is 1.30 bits per heavy atom. The molecule has 4 heteroatoms. The lowest BCUT2D eigenvalue weighted by Gasteiger charge is -2.27. The number of hydrogen-bond donors (Lipinski definition) is 2. The number of aliphatic carboxylic acids is 1. The molecule has 2 saturated carbocycles. The fourth-order valence-corrected chi connectivity index (χ4v) is 4.13. The molecule has 1 aromatic carbocycles. The first-order valence-corrected chi connectivity index (χ1v) is 8.92. The molecule has 4 nitrogen and oxygen atoms in total. The highest BCUT2D eigenvalue weighted by molar-refractivity contribution is 5.73. The summed E-state index contributed by atoms with van der Waals surface area (Å²) in [7, 11) is 0. The third-order valence-corrected chi connectivity index (χ3v) is 5.90. The van der Waals surface area contributed by atoms with Gasteiger partial charge in [0.2, 0.25) is 0 Å². The van der Waals surface area contributed by atoms with Gasteiger partial charge in [0, 0.05) is 25.0 Å². The van der Waals surface area contributed by atoms with Gasteiger partial charge in [-0.05, 0) is 49.6 Å². The van der Waals surface area contributed by atoms with Gasteiger partial charge in [0.25, 0.3) is 0 Å². The lowest BCUT2D eigenvalue weighted by atomic mass is 10.1. The third-order valence-electron chi connectivity index (χ3n) is 5.90. The summed E-state index contributed by atoms with van der Waals surface area (Å²) < 4.78 is 0. The van der Waals surface area contributed by atoms with Gasteiger partial charge in [-0.3, -0.25) is 9.69 Å². The molecule has 2 N–H and O–H groups in total. The first kappa shape index (κ1) is 15.2. The third kappa shape index (κ3) is 3.29. The summed E-state index contributed by atoms with van der Waals surface area (Å²) in [6.45, 7) is 2.96. The molecule has 23 heavy (non-hydrogen) atoms. The van der Waals surface area contributed by atoms with Crippen molar-refractivity contribution < 1.29 is 9.90 Å². The van der Waals surface area contributed by atoms with Crippen LogP contribution >= 0.6 is 0 Å². The maximum Gasteiger partial charge on any atom is 0.320 e. The Hall–Kier alpha value is -1.39. The van der Waals surface area contributed by atoms with E-state index in [-0.39, 0.29) is 6.04 Å². The molecule has 0 spiro atoms. The molecular formula is C19H26N2O2. The van der Waals surface area contributed by atoms with Gasteiger partial charge in [-0.25, -0.2) is 0 Å². The number of carboxylic acids is 1. The van der Waals surface area contributed by atoms with E-state index in [1.54, 1.807) is 0 Å². The molecule has 1 aromatic rings. The second-order valence-electron chi connectivity index (χ2n) is 7.71. The fourth-order valence-electron chi connectivity index (χ4n) is 4.13. The van der Waals surface area contributed by atoms with Crippen LogP contribution in [0.5, 0.6) is 0 Å². The first-order chi connectivity index (χ1) is 11.2. The average Bonchev–Trinajstić information content (AvgIpc) is 3.44. The standard InChI is InChI=1S/C19H26N2O2/c22-18(23)17-7-4-10-21(17)13-19(8-9-19)12-20-16-11-15(16)14-5-2-1-3-6-14/h1-3,5-6,15-17,20H,4,7-13H2,(H,22,23)/t15-,16?,17+/m1/s1. The molecule has 3 aliphatic rings. The van der Waals surface area contributed by atoms with Crippen molar-refractivity contribution in [3.05, 3.63) is 35.9 Å². The predicted molar refractivity (Wildman–Crippen MR) is 89.5 cm³/mol. The molecule has 0 amide bonds. The van der Waals surface area contributed by atoms with E-state index in [1.165, 1.54) is 24.8 Å². The van der Waals surface area contributed by atoms with E-state index in [2.05, 4.69) is 40.5 Å². The number of carboxylic acid groups (broad SMARTS) is 1. The Morgan fingerprint density at radius 2 is 2.09 bits per heavy atom. The summed E-state index contributed by atoms with van der Waals surface area (Å²) in [6, 6.07) is 11.1. The van der Waals surface area contributed by atoms with Crippen LogP contribution in [0.1, 0.15) is 43.6 Å². The highest BCUT2D eigenvalue weighted by Crippen LogP contribution is 2.48. The van der Waals surface area contributed by atoms with Gasteiger partial charge >= 0.3 is 5.97 Å². The van der Waals surface area contributed by atoms with Crippen LogP contribution in [-0.2, 0) is 4.79 Å². The minimum Gasteiger partial charge on any atom is -0.480 e. The number of nitrogens with one attached hydrogen (secondary N) is 1. The molecular weight excluding hydrogens is 288 g/mol. The largest absolute Gasteiger partial charge is 0.480 e. The monoisotopic (exact) mass is 314 g/mol. The second kappa shape index (κ2) is 5.91. The van der Waals surface area contributed by atoms with E-state index in [4.69, 9.17) is 0 Å². The van der Waals surface area contributed by atoms with Crippen molar-refractivity contribution in [3.63, 3.8) is 0 Å². The Morgan fingerprint density at radius 3 is 2.78 bits per heavy atom. The number of benzene rings is 1. The van der Waals surface area contributed by atoms with Crippen LogP contribution in [0.4, 0.5) is 0 Å². The molecule has 3 atom stereocenters. The van der Waals surface area contributed by atoms with E-state index >= 15 is 0 Å². The zero-order chi connectivity index (χ0) is 15.9. The minimum atomic E-state index is -0.641. The zero-order valence-corrected chi connectivity index (χ0v) is 13.6. The van der Waals surface area contributed by atoms with Gasteiger partial charge in [0.15, 0.2) is 0 Å². The smallest absolute Gasteiger partial charge is 0.320 e. The molecule has 4 rings (SSSR count). The van der Waals surface area contributed by atoms with Gasteiger partial charge in [0.1, 0.15) is 6.04 Å². The minimum absolute atomic E-state index is 0.245. The van der Waals surface area contributed by atoms with Crippen LogP contribution in [0.2, 0.25) is 0 Å². The van der Waals surface area contributed by atoms with Gasteiger partial charge < -0.3 is 10.4 Å². The number of hydrogen-bond acceptors (Lipinski definition) is 3. The molecule has 0 aromatic heterocycles. The summed E-state index contributed by atoms with van der Waals surface area (Å²) in [5.41, 5.74) is 1.78. The van der Waals surface area contributed by atoms with Crippen molar-refractivity contribution in [1.29, 1.82) is 0 Å². The highest BCUT2D eigenvalue weighted by atomic mass is 16.4. The Labute approximate surface area is 137 Å². The molecule has 1 heterocycles. The van der Waals surface area contributed by atoms with Crippen LogP contribution in [-0.4, -0.2) is 47.7 Å². The summed E-state index contributed by atoms with van der Waals surface area (Å²) >= 11 is 0. The van der Waals surface area contributed by atoms with Crippen LogP contribution < -0.4 is 5.32 Å². The summed E-state index contributed by atoms with van der Waals surface area (Å²) in [6.07, 6.45) is 5.56. The number of nitrogens with zero attached hydrogens (tertiary/aromatic N) is 1. The molecule has 1 aliphatic heterocycles. The molecule has 1 saturated heterocycles.